The molecule has 3 atom stereocenters. The topological polar surface area (TPSA) is 20.1 Å². The lowest BCUT2D eigenvalue weighted by Gasteiger charge is -2.04. The van der Waals surface area contributed by atoms with E-state index in [9.17, 15) is 4.21 Å². The van der Waals surface area contributed by atoms with Crippen LogP contribution in [0.5, 0.6) is 0 Å². The third kappa shape index (κ3) is 2.24. The Balaban J connectivity index is 1.75. The van der Waals surface area contributed by atoms with Crippen molar-refractivity contribution in [2.75, 3.05) is 6.54 Å². The molecular formula is C15H15NOS. The van der Waals surface area contributed by atoms with E-state index >= 15 is 0 Å². The SMILES string of the molecule is Cc1ccc([S@](=O)N2C[C@@H]2c2ccccc2)cc1. The van der Waals surface area contributed by atoms with Crippen molar-refractivity contribution in [3.8, 4) is 0 Å². The monoisotopic (exact) mass is 257 g/mol. The molecule has 0 radical (unpaired) electrons. The van der Waals surface area contributed by atoms with E-state index in [-0.39, 0.29) is 0 Å². The second-order valence-electron chi connectivity index (χ2n) is 4.59. The van der Waals surface area contributed by atoms with Gasteiger partial charge >= 0.3 is 0 Å². The molecule has 1 aliphatic rings. The van der Waals surface area contributed by atoms with Gasteiger partial charge in [0, 0.05) is 6.54 Å². The van der Waals surface area contributed by atoms with Gasteiger partial charge in [-0.25, -0.2) is 8.51 Å². The molecule has 92 valence electrons. The molecule has 0 N–H and O–H groups in total. The summed E-state index contributed by atoms with van der Waals surface area (Å²) in [5.41, 5.74) is 2.44. The van der Waals surface area contributed by atoms with Gasteiger partial charge in [0.05, 0.1) is 10.9 Å². The minimum atomic E-state index is -1.03. The second kappa shape index (κ2) is 4.67. The summed E-state index contributed by atoms with van der Waals surface area (Å²) in [6.07, 6.45) is 0. The quantitative estimate of drug-likeness (QED) is 0.774. The highest BCUT2D eigenvalue weighted by atomic mass is 32.2. The molecule has 1 saturated heterocycles. The maximum absolute atomic E-state index is 12.3. The molecule has 1 unspecified atom stereocenters. The molecule has 0 aliphatic carbocycles. The number of rotatable bonds is 3. The Kier molecular flexibility index (Phi) is 3.02. The molecule has 1 heterocycles. The number of hydrogen-bond donors (Lipinski definition) is 0. The first-order valence-corrected chi connectivity index (χ1v) is 7.16. The highest BCUT2D eigenvalue weighted by molar-refractivity contribution is 7.83. The van der Waals surface area contributed by atoms with Crippen LogP contribution in [0.1, 0.15) is 17.2 Å². The molecule has 0 amide bonds. The molecular weight excluding hydrogens is 242 g/mol. The Morgan fingerprint density at radius 2 is 1.72 bits per heavy atom. The van der Waals surface area contributed by atoms with Gasteiger partial charge in [0.15, 0.2) is 0 Å². The zero-order valence-corrected chi connectivity index (χ0v) is 11.1. The summed E-state index contributed by atoms with van der Waals surface area (Å²) >= 11 is 0. The zero-order valence-electron chi connectivity index (χ0n) is 10.2. The highest BCUT2D eigenvalue weighted by Crippen LogP contribution is 2.38. The molecule has 1 fully saturated rings. The first kappa shape index (κ1) is 11.6. The van der Waals surface area contributed by atoms with Crippen LogP contribution in [0.15, 0.2) is 59.5 Å². The highest BCUT2D eigenvalue weighted by Gasteiger charge is 2.40. The molecule has 18 heavy (non-hydrogen) atoms. The van der Waals surface area contributed by atoms with Crippen LogP contribution in [0.4, 0.5) is 0 Å². The average Bonchev–Trinajstić information content (AvgIpc) is 3.20. The Labute approximate surface area is 110 Å². The van der Waals surface area contributed by atoms with E-state index in [4.69, 9.17) is 0 Å². The number of hydrogen-bond acceptors (Lipinski definition) is 1. The smallest absolute Gasteiger partial charge is 0.128 e. The number of benzene rings is 2. The van der Waals surface area contributed by atoms with E-state index < -0.39 is 11.0 Å². The Bertz CT molecular complexity index is 565. The maximum Gasteiger partial charge on any atom is 0.128 e. The van der Waals surface area contributed by atoms with Gasteiger partial charge in [0.2, 0.25) is 0 Å². The molecule has 3 heteroatoms. The first-order valence-electron chi connectivity index (χ1n) is 6.06. The summed E-state index contributed by atoms with van der Waals surface area (Å²) in [5, 5.41) is 0. The van der Waals surface area contributed by atoms with Gasteiger partial charge in [0.25, 0.3) is 0 Å². The van der Waals surface area contributed by atoms with Crippen molar-refractivity contribution in [1.82, 2.24) is 4.31 Å². The van der Waals surface area contributed by atoms with E-state index in [2.05, 4.69) is 12.1 Å². The standard InChI is InChI=1S/C15H15NOS/c1-12-7-9-14(10-8-12)18(17)16-11-15(16)13-5-3-2-4-6-13/h2-10,15H,11H2,1H3/t15-,16?,18+/m1/s1. The van der Waals surface area contributed by atoms with Crippen LogP contribution in [0.2, 0.25) is 0 Å². The molecule has 3 rings (SSSR count). The Morgan fingerprint density at radius 3 is 2.39 bits per heavy atom. The first-order chi connectivity index (χ1) is 8.75. The van der Waals surface area contributed by atoms with Gasteiger partial charge in [-0.05, 0) is 24.6 Å². The van der Waals surface area contributed by atoms with Crippen molar-refractivity contribution in [3.63, 3.8) is 0 Å². The lowest BCUT2D eigenvalue weighted by molar-refractivity contribution is 0.647. The van der Waals surface area contributed by atoms with E-state index in [1.165, 1.54) is 11.1 Å². The van der Waals surface area contributed by atoms with Crippen LogP contribution < -0.4 is 0 Å². The fraction of sp³-hybridized carbons (Fsp3) is 0.200. The predicted octanol–water partition coefficient (Wildman–Crippen LogP) is 3.07. The second-order valence-corrected chi connectivity index (χ2v) is 6.03. The van der Waals surface area contributed by atoms with E-state index in [1.807, 2.05) is 53.7 Å². The van der Waals surface area contributed by atoms with E-state index in [0.29, 0.717) is 6.04 Å². The van der Waals surface area contributed by atoms with Gasteiger partial charge < -0.3 is 0 Å². The third-order valence-electron chi connectivity index (χ3n) is 3.19. The predicted molar refractivity (Wildman–Crippen MR) is 73.5 cm³/mol. The van der Waals surface area contributed by atoms with Crippen molar-refractivity contribution in [2.24, 2.45) is 0 Å². The van der Waals surface area contributed by atoms with Crippen LogP contribution in [0.25, 0.3) is 0 Å². The van der Waals surface area contributed by atoms with Gasteiger partial charge in [0.1, 0.15) is 11.0 Å². The fourth-order valence-electron chi connectivity index (χ4n) is 2.04. The minimum Gasteiger partial charge on any atom is -0.237 e. The van der Waals surface area contributed by atoms with E-state index in [0.717, 1.165) is 11.4 Å². The zero-order chi connectivity index (χ0) is 12.5. The molecule has 2 aromatic rings. The van der Waals surface area contributed by atoms with Gasteiger partial charge in [-0.15, -0.1) is 0 Å². The summed E-state index contributed by atoms with van der Waals surface area (Å²) < 4.78 is 14.4. The molecule has 2 nitrogen and oxygen atoms in total. The molecule has 0 bridgehead atoms. The maximum atomic E-state index is 12.3. The lowest BCUT2D eigenvalue weighted by Crippen LogP contribution is -2.04. The Morgan fingerprint density at radius 1 is 1.06 bits per heavy atom. The summed E-state index contributed by atoms with van der Waals surface area (Å²) in [7, 11) is -1.03. The molecule has 0 aromatic heterocycles. The van der Waals surface area contributed by atoms with Crippen molar-refractivity contribution in [1.29, 1.82) is 0 Å². The minimum absolute atomic E-state index is 0.313. The average molecular weight is 257 g/mol. The van der Waals surface area contributed by atoms with Gasteiger partial charge in [-0.1, -0.05) is 48.0 Å². The van der Waals surface area contributed by atoms with Crippen molar-refractivity contribution < 1.29 is 4.21 Å². The summed E-state index contributed by atoms with van der Waals surface area (Å²) in [6, 6.07) is 18.5. The number of aryl methyl sites for hydroxylation is 1. The lowest BCUT2D eigenvalue weighted by atomic mass is 10.2. The largest absolute Gasteiger partial charge is 0.237 e. The van der Waals surface area contributed by atoms with Crippen LogP contribution in [-0.2, 0) is 11.0 Å². The van der Waals surface area contributed by atoms with Crippen molar-refractivity contribution in [2.45, 2.75) is 17.9 Å². The van der Waals surface area contributed by atoms with Gasteiger partial charge in [-0.2, -0.15) is 0 Å². The molecule has 1 aliphatic heterocycles. The molecule has 0 spiro atoms. The van der Waals surface area contributed by atoms with Crippen molar-refractivity contribution >= 4 is 11.0 Å². The summed E-state index contributed by atoms with van der Waals surface area (Å²) in [4.78, 5) is 0.888. The van der Waals surface area contributed by atoms with Crippen LogP contribution in [0, 0.1) is 6.92 Å². The normalized spacial score (nSPS) is 23.6. The molecule has 2 aromatic carbocycles. The third-order valence-corrected chi connectivity index (χ3v) is 4.69. The van der Waals surface area contributed by atoms with Crippen LogP contribution >= 0.6 is 0 Å². The molecule has 0 saturated carbocycles. The fourth-order valence-corrected chi connectivity index (χ4v) is 3.31. The summed E-state index contributed by atoms with van der Waals surface area (Å²) in [6.45, 7) is 2.92. The Hall–Kier alpha value is -1.45. The van der Waals surface area contributed by atoms with E-state index in [1.54, 1.807) is 0 Å². The van der Waals surface area contributed by atoms with Crippen LogP contribution in [0.3, 0.4) is 0 Å². The number of nitrogens with zero attached hydrogens (tertiary/aromatic N) is 1. The summed E-state index contributed by atoms with van der Waals surface area (Å²) in [5.74, 6) is 0. The van der Waals surface area contributed by atoms with Gasteiger partial charge in [-0.3, -0.25) is 0 Å². The van der Waals surface area contributed by atoms with Crippen molar-refractivity contribution in [3.05, 3.63) is 65.7 Å². The van der Waals surface area contributed by atoms with Crippen LogP contribution in [-0.4, -0.2) is 15.1 Å².